The summed E-state index contributed by atoms with van der Waals surface area (Å²) in [6.45, 7) is 4.52. The zero-order chi connectivity index (χ0) is 22.4. The molecule has 0 unspecified atom stereocenters. The summed E-state index contributed by atoms with van der Waals surface area (Å²) in [5, 5.41) is 0. The summed E-state index contributed by atoms with van der Waals surface area (Å²) in [5.74, 6) is -2.54. The van der Waals surface area contributed by atoms with E-state index in [-0.39, 0.29) is 6.61 Å². The molecule has 0 amide bonds. The molecule has 0 spiro atoms. The van der Waals surface area contributed by atoms with Crippen LogP contribution in [0, 0.1) is 0 Å². The minimum absolute atomic E-state index is 0.262. The van der Waals surface area contributed by atoms with E-state index < -0.39 is 54.4 Å². The van der Waals surface area contributed by atoms with Crippen molar-refractivity contribution in [1.82, 2.24) is 0 Å². The molecular weight excluding hydrogens is 464 g/mol. The van der Waals surface area contributed by atoms with E-state index in [1.165, 1.54) is 27.7 Å². The Balaban J connectivity index is 2.53. The zero-order valence-corrected chi connectivity index (χ0v) is 18.5. The van der Waals surface area contributed by atoms with Gasteiger partial charge in [-0.3, -0.25) is 19.2 Å². The van der Waals surface area contributed by atoms with Crippen molar-refractivity contribution in [2.75, 3.05) is 6.61 Å². The molecule has 30 heavy (non-hydrogen) atoms. The highest BCUT2D eigenvalue weighted by atomic mass is 79.9. The zero-order valence-electron chi connectivity index (χ0n) is 17.0. The fraction of sp³-hybridized carbons (Fsp3) is 0.500. The third kappa shape index (κ3) is 6.53. The summed E-state index contributed by atoms with van der Waals surface area (Å²) >= 11 is 3.38. The number of rotatable bonds is 6. The summed E-state index contributed by atoms with van der Waals surface area (Å²) in [5.41, 5.74) is 0.613. The van der Waals surface area contributed by atoms with Crippen molar-refractivity contribution in [2.45, 2.75) is 58.2 Å². The molecule has 1 aromatic rings. The van der Waals surface area contributed by atoms with Crippen LogP contribution in [0.15, 0.2) is 28.7 Å². The van der Waals surface area contributed by atoms with Gasteiger partial charge in [0, 0.05) is 32.2 Å². The van der Waals surface area contributed by atoms with Gasteiger partial charge in [-0.1, -0.05) is 28.1 Å². The van der Waals surface area contributed by atoms with Crippen molar-refractivity contribution in [2.24, 2.45) is 0 Å². The molecule has 1 aliphatic heterocycles. The standard InChI is InChI=1S/C20H23BrO9/c1-10(22)26-9-16-18(27-11(2)23)20(29-13(4)25)19(28-12(3)24)17(30-16)14-6-5-7-15(21)8-14/h5-8,16-20H,9H2,1-4H3/t16-,17+,18-,19+,20+/m1/s1. The lowest BCUT2D eigenvalue weighted by Gasteiger charge is -2.44. The smallest absolute Gasteiger partial charge is 0.303 e. The van der Waals surface area contributed by atoms with Gasteiger partial charge in [-0.15, -0.1) is 0 Å². The number of halogens is 1. The van der Waals surface area contributed by atoms with Gasteiger partial charge in [-0.05, 0) is 17.7 Å². The van der Waals surface area contributed by atoms with E-state index in [1.807, 2.05) is 0 Å². The largest absolute Gasteiger partial charge is 0.463 e. The Bertz CT molecular complexity index is 809. The Morgan fingerprint density at radius 2 is 1.43 bits per heavy atom. The van der Waals surface area contributed by atoms with Crippen LogP contribution < -0.4 is 0 Å². The van der Waals surface area contributed by atoms with Crippen LogP contribution in [0.3, 0.4) is 0 Å². The lowest BCUT2D eigenvalue weighted by atomic mass is 9.90. The maximum atomic E-state index is 11.8. The highest BCUT2D eigenvalue weighted by Gasteiger charge is 2.52. The van der Waals surface area contributed by atoms with Gasteiger partial charge in [-0.2, -0.15) is 0 Å². The van der Waals surface area contributed by atoms with Crippen molar-refractivity contribution in [3.63, 3.8) is 0 Å². The molecule has 0 N–H and O–H groups in total. The third-order valence-corrected chi connectivity index (χ3v) is 4.66. The van der Waals surface area contributed by atoms with Crippen LogP contribution in [-0.4, -0.2) is 54.9 Å². The van der Waals surface area contributed by atoms with Crippen LogP contribution >= 0.6 is 15.9 Å². The molecule has 2 rings (SSSR count). The van der Waals surface area contributed by atoms with Gasteiger partial charge in [0.15, 0.2) is 18.3 Å². The maximum absolute atomic E-state index is 11.8. The second kappa shape index (κ2) is 10.5. The van der Waals surface area contributed by atoms with E-state index in [4.69, 9.17) is 23.7 Å². The van der Waals surface area contributed by atoms with E-state index in [2.05, 4.69) is 15.9 Å². The average Bonchev–Trinajstić information content (AvgIpc) is 2.62. The van der Waals surface area contributed by atoms with Crippen molar-refractivity contribution >= 4 is 39.8 Å². The Morgan fingerprint density at radius 1 is 0.867 bits per heavy atom. The molecule has 0 aliphatic carbocycles. The van der Waals surface area contributed by atoms with Crippen LogP contribution in [0.2, 0.25) is 0 Å². The van der Waals surface area contributed by atoms with E-state index in [1.54, 1.807) is 24.3 Å². The summed E-state index contributed by atoms with van der Waals surface area (Å²) in [6, 6.07) is 7.05. The van der Waals surface area contributed by atoms with Crippen LogP contribution in [0.4, 0.5) is 0 Å². The number of hydrogen-bond donors (Lipinski definition) is 0. The molecule has 0 radical (unpaired) electrons. The first-order valence-electron chi connectivity index (χ1n) is 9.14. The number of hydrogen-bond acceptors (Lipinski definition) is 9. The molecule has 0 aromatic heterocycles. The number of ether oxygens (including phenoxy) is 5. The molecule has 0 bridgehead atoms. The first-order valence-corrected chi connectivity index (χ1v) is 9.93. The van der Waals surface area contributed by atoms with Gasteiger partial charge in [-0.25, -0.2) is 0 Å². The molecule has 10 heteroatoms. The highest BCUT2D eigenvalue weighted by Crippen LogP contribution is 2.38. The molecule has 1 aliphatic rings. The SMILES string of the molecule is CC(=O)OC[C@H]1O[C@@H](c2cccc(Br)c2)[C@H](OC(C)=O)[C@@H](OC(C)=O)[C@@H]1OC(C)=O. The number of esters is 4. The molecule has 1 saturated heterocycles. The van der Waals surface area contributed by atoms with E-state index >= 15 is 0 Å². The number of carbonyl (C=O) groups excluding carboxylic acids is 4. The Labute approximate surface area is 182 Å². The molecule has 1 heterocycles. The van der Waals surface area contributed by atoms with Gasteiger partial charge in [0.2, 0.25) is 0 Å². The van der Waals surface area contributed by atoms with Gasteiger partial charge in [0.1, 0.15) is 18.8 Å². The van der Waals surface area contributed by atoms with Crippen molar-refractivity contribution in [3.05, 3.63) is 34.3 Å². The van der Waals surface area contributed by atoms with Crippen LogP contribution in [-0.2, 0) is 42.9 Å². The van der Waals surface area contributed by atoms with Crippen LogP contribution in [0.1, 0.15) is 39.4 Å². The first kappa shape index (κ1) is 23.8. The third-order valence-electron chi connectivity index (χ3n) is 4.17. The number of carbonyl (C=O) groups is 4. The quantitative estimate of drug-likeness (QED) is 0.440. The van der Waals surface area contributed by atoms with Gasteiger partial charge in [0.05, 0.1) is 0 Å². The Hall–Kier alpha value is -2.46. The summed E-state index contributed by atoms with van der Waals surface area (Å²) in [7, 11) is 0. The van der Waals surface area contributed by atoms with Gasteiger partial charge in [0.25, 0.3) is 0 Å². The van der Waals surface area contributed by atoms with Crippen molar-refractivity contribution < 1.29 is 42.9 Å². The second-order valence-corrected chi connectivity index (χ2v) is 7.59. The van der Waals surface area contributed by atoms with E-state index in [0.717, 1.165) is 4.47 Å². The topological polar surface area (TPSA) is 114 Å². The normalized spacial score (nSPS) is 25.7. The lowest BCUT2D eigenvalue weighted by molar-refractivity contribution is -0.254. The molecule has 0 saturated carbocycles. The molecule has 1 fully saturated rings. The monoisotopic (exact) mass is 486 g/mol. The summed E-state index contributed by atoms with van der Waals surface area (Å²) in [4.78, 5) is 46.7. The molecule has 164 valence electrons. The minimum atomic E-state index is -1.19. The second-order valence-electron chi connectivity index (χ2n) is 6.67. The van der Waals surface area contributed by atoms with E-state index in [9.17, 15) is 19.2 Å². The molecular formula is C20H23BrO9. The summed E-state index contributed by atoms with van der Waals surface area (Å²) < 4.78 is 28.1. The first-order chi connectivity index (χ1) is 14.1. The fourth-order valence-corrected chi connectivity index (χ4v) is 3.60. The Kier molecular flexibility index (Phi) is 8.36. The molecule has 5 atom stereocenters. The maximum Gasteiger partial charge on any atom is 0.303 e. The van der Waals surface area contributed by atoms with Crippen LogP contribution in [0.25, 0.3) is 0 Å². The van der Waals surface area contributed by atoms with Crippen molar-refractivity contribution in [3.8, 4) is 0 Å². The number of benzene rings is 1. The predicted molar refractivity (Wildman–Crippen MR) is 105 cm³/mol. The van der Waals surface area contributed by atoms with Crippen molar-refractivity contribution in [1.29, 1.82) is 0 Å². The van der Waals surface area contributed by atoms with E-state index in [0.29, 0.717) is 5.56 Å². The lowest BCUT2D eigenvalue weighted by Crippen LogP contribution is -2.59. The predicted octanol–water partition coefficient (Wildman–Crippen LogP) is 2.25. The molecule has 9 nitrogen and oxygen atoms in total. The Morgan fingerprint density at radius 3 is 1.97 bits per heavy atom. The van der Waals surface area contributed by atoms with Gasteiger partial charge >= 0.3 is 23.9 Å². The van der Waals surface area contributed by atoms with Crippen LogP contribution in [0.5, 0.6) is 0 Å². The molecule has 1 aromatic carbocycles. The highest BCUT2D eigenvalue weighted by molar-refractivity contribution is 9.10. The van der Waals surface area contributed by atoms with Gasteiger partial charge < -0.3 is 23.7 Å². The fourth-order valence-electron chi connectivity index (χ4n) is 3.18. The average molecular weight is 487 g/mol. The summed E-state index contributed by atoms with van der Waals surface area (Å²) in [6.07, 6.45) is -5.33. The minimum Gasteiger partial charge on any atom is -0.463 e.